The lowest BCUT2D eigenvalue weighted by Crippen LogP contribution is -1.97. The number of ether oxygens (including phenoxy) is 2. The summed E-state index contributed by atoms with van der Waals surface area (Å²) in [6.45, 7) is 0. The van der Waals surface area contributed by atoms with Crippen molar-refractivity contribution in [3.05, 3.63) is 35.4 Å². The maximum absolute atomic E-state index is 5.32. The summed E-state index contributed by atoms with van der Waals surface area (Å²) in [6, 6.07) is 4.25. The molecule has 0 saturated heterocycles. The second-order valence-corrected chi connectivity index (χ2v) is 4.17. The van der Waals surface area contributed by atoms with Gasteiger partial charge in [-0.1, -0.05) is 12.2 Å². The summed E-state index contributed by atoms with van der Waals surface area (Å²) in [4.78, 5) is 0. The van der Waals surface area contributed by atoms with Gasteiger partial charge in [-0.2, -0.15) is 0 Å². The first-order chi connectivity index (χ1) is 7.33. The van der Waals surface area contributed by atoms with Crippen molar-refractivity contribution in [3.63, 3.8) is 0 Å². The van der Waals surface area contributed by atoms with Crippen LogP contribution in [0.15, 0.2) is 24.3 Å². The molecule has 0 unspecified atom stereocenters. The quantitative estimate of drug-likeness (QED) is 0.686. The minimum atomic E-state index is 0.602. The fourth-order valence-corrected chi connectivity index (χ4v) is 2.71. The van der Waals surface area contributed by atoms with E-state index in [0.29, 0.717) is 11.8 Å². The first-order valence-electron chi connectivity index (χ1n) is 5.27. The van der Waals surface area contributed by atoms with Crippen LogP contribution in [0, 0.1) is 0 Å². The van der Waals surface area contributed by atoms with Crippen LogP contribution in [0.5, 0.6) is 11.5 Å². The number of rotatable bonds is 2. The first-order valence-corrected chi connectivity index (χ1v) is 5.27. The van der Waals surface area contributed by atoms with E-state index in [1.807, 2.05) is 0 Å². The fraction of sp³-hybridized carbons (Fsp3) is 0.385. The number of methoxy groups -OCH3 is 2. The van der Waals surface area contributed by atoms with Crippen LogP contribution in [-0.2, 0) is 0 Å². The standard InChI is InChI=1S/C13H14O2/c1-14-12-6-10-8-3-4-9(5-8)11(10)7-13(12)15-2/h3-4,6-9H,5H2,1-2H3/t8-,9+. The van der Waals surface area contributed by atoms with Crippen LogP contribution in [0.2, 0.25) is 0 Å². The molecular formula is C13H14O2. The summed E-state index contributed by atoms with van der Waals surface area (Å²) in [5, 5.41) is 0. The molecule has 0 N–H and O–H groups in total. The lowest BCUT2D eigenvalue weighted by Gasteiger charge is -2.15. The molecular weight excluding hydrogens is 188 g/mol. The molecule has 1 aromatic carbocycles. The Morgan fingerprint density at radius 1 is 0.933 bits per heavy atom. The Labute approximate surface area is 89.5 Å². The number of allylic oxidation sites excluding steroid dienone is 2. The van der Waals surface area contributed by atoms with Crippen molar-refractivity contribution in [1.29, 1.82) is 0 Å². The topological polar surface area (TPSA) is 18.5 Å². The van der Waals surface area contributed by atoms with Crippen molar-refractivity contribution >= 4 is 0 Å². The van der Waals surface area contributed by atoms with E-state index in [9.17, 15) is 0 Å². The van der Waals surface area contributed by atoms with Crippen LogP contribution in [-0.4, -0.2) is 14.2 Å². The summed E-state index contributed by atoms with van der Waals surface area (Å²) in [5.74, 6) is 2.89. The van der Waals surface area contributed by atoms with Crippen molar-refractivity contribution < 1.29 is 9.47 Å². The maximum atomic E-state index is 5.32. The highest BCUT2D eigenvalue weighted by Gasteiger charge is 2.33. The molecule has 0 fully saturated rings. The first kappa shape index (κ1) is 8.84. The van der Waals surface area contributed by atoms with Gasteiger partial charge in [0.25, 0.3) is 0 Å². The third-order valence-corrected chi connectivity index (χ3v) is 3.47. The molecule has 3 rings (SSSR count). The van der Waals surface area contributed by atoms with Crippen LogP contribution < -0.4 is 9.47 Å². The largest absolute Gasteiger partial charge is 0.493 e. The van der Waals surface area contributed by atoms with Gasteiger partial charge in [0.1, 0.15) is 0 Å². The summed E-state index contributed by atoms with van der Waals surface area (Å²) < 4.78 is 10.6. The molecule has 78 valence electrons. The van der Waals surface area contributed by atoms with E-state index in [0.717, 1.165) is 11.5 Å². The monoisotopic (exact) mass is 202 g/mol. The Kier molecular flexibility index (Phi) is 1.78. The van der Waals surface area contributed by atoms with Gasteiger partial charge >= 0.3 is 0 Å². The number of fused-ring (bicyclic) bond motifs is 5. The third-order valence-electron chi connectivity index (χ3n) is 3.47. The Morgan fingerprint density at radius 3 is 1.80 bits per heavy atom. The van der Waals surface area contributed by atoms with Gasteiger partial charge in [0.2, 0.25) is 0 Å². The maximum Gasteiger partial charge on any atom is 0.161 e. The molecule has 0 saturated carbocycles. The van der Waals surface area contributed by atoms with E-state index in [4.69, 9.17) is 9.47 Å². The van der Waals surface area contributed by atoms with Gasteiger partial charge in [0.05, 0.1) is 14.2 Å². The molecule has 2 aliphatic carbocycles. The predicted octanol–water partition coefficient (Wildman–Crippen LogP) is 2.84. The van der Waals surface area contributed by atoms with E-state index in [-0.39, 0.29) is 0 Å². The molecule has 0 aromatic heterocycles. The van der Waals surface area contributed by atoms with Gasteiger partial charge < -0.3 is 9.47 Å². The average Bonchev–Trinajstić information content (AvgIpc) is 2.88. The van der Waals surface area contributed by atoms with Crippen LogP contribution in [0.1, 0.15) is 29.4 Å². The minimum absolute atomic E-state index is 0.602. The highest BCUT2D eigenvalue weighted by Crippen LogP contribution is 2.51. The van der Waals surface area contributed by atoms with Crippen LogP contribution in [0.4, 0.5) is 0 Å². The van der Waals surface area contributed by atoms with Crippen molar-refractivity contribution in [1.82, 2.24) is 0 Å². The molecule has 2 bridgehead atoms. The van der Waals surface area contributed by atoms with Gasteiger partial charge in [0.15, 0.2) is 11.5 Å². The van der Waals surface area contributed by atoms with Crippen LogP contribution in [0.3, 0.4) is 0 Å². The minimum Gasteiger partial charge on any atom is -0.493 e. The highest BCUT2D eigenvalue weighted by atomic mass is 16.5. The molecule has 0 amide bonds. The molecule has 2 aliphatic rings. The van der Waals surface area contributed by atoms with E-state index in [1.165, 1.54) is 17.5 Å². The normalized spacial score (nSPS) is 25.5. The molecule has 1 aromatic rings. The molecule has 2 heteroatoms. The van der Waals surface area contributed by atoms with Crippen LogP contribution >= 0.6 is 0 Å². The lowest BCUT2D eigenvalue weighted by atomic mass is 9.96. The Morgan fingerprint density at radius 2 is 1.40 bits per heavy atom. The molecule has 0 heterocycles. The molecule has 0 spiro atoms. The average molecular weight is 202 g/mol. The Hall–Kier alpha value is -1.44. The third kappa shape index (κ3) is 1.11. The summed E-state index contributed by atoms with van der Waals surface area (Å²) in [6.07, 6.45) is 5.84. The SMILES string of the molecule is COc1cc2c(cc1OC)[C@H]1C=C[C@@H]2C1. The van der Waals surface area contributed by atoms with Crippen LogP contribution in [0.25, 0.3) is 0 Å². The van der Waals surface area contributed by atoms with E-state index >= 15 is 0 Å². The van der Waals surface area contributed by atoms with Gasteiger partial charge in [-0.25, -0.2) is 0 Å². The smallest absolute Gasteiger partial charge is 0.161 e. The predicted molar refractivity (Wildman–Crippen MR) is 58.8 cm³/mol. The second-order valence-electron chi connectivity index (χ2n) is 4.17. The molecule has 0 aliphatic heterocycles. The number of hydrogen-bond donors (Lipinski definition) is 0. The molecule has 0 radical (unpaired) electrons. The summed E-state index contributed by atoms with van der Waals surface area (Å²) in [5.41, 5.74) is 2.83. The summed E-state index contributed by atoms with van der Waals surface area (Å²) >= 11 is 0. The van der Waals surface area contributed by atoms with Gasteiger partial charge in [-0.15, -0.1) is 0 Å². The molecule has 2 nitrogen and oxygen atoms in total. The van der Waals surface area contributed by atoms with E-state index in [2.05, 4.69) is 24.3 Å². The van der Waals surface area contributed by atoms with E-state index in [1.54, 1.807) is 14.2 Å². The summed E-state index contributed by atoms with van der Waals surface area (Å²) in [7, 11) is 3.38. The van der Waals surface area contributed by atoms with Gasteiger partial charge in [0, 0.05) is 11.8 Å². The second kappa shape index (κ2) is 3.02. The highest BCUT2D eigenvalue weighted by molar-refractivity contribution is 5.56. The Bertz CT molecular complexity index is 395. The van der Waals surface area contributed by atoms with Crippen molar-refractivity contribution in [3.8, 4) is 11.5 Å². The van der Waals surface area contributed by atoms with Crippen molar-refractivity contribution in [2.45, 2.75) is 18.3 Å². The Balaban J connectivity index is 2.15. The molecule has 2 atom stereocenters. The van der Waals surface area contributed by atoms with Gasteiger partial charge in [-0.05, 0) is 29.7 Å². The van der Waals surface area contributed by atoms with Crippen molar-refractivity contribution in [2.75, 3.05) is 14.2 Å². The zero-order valence-corrected chi connectivity index (χ0v) is 8.99. The zero-order valence-electron chi connectivity index (χ0n) is 8.99. The zero-order chi connectivity index (χ0) is 10.4. The lowest BCUT2D eigenvalue weighted by molar-refractivity contribution is 0.354. The number of benzene rings is 1. The number of hydrogen-bond acceptors (Lipinski definition) is 2. The van der Waals surface area contributed by atoms with E-state index < -0.39 is 0 Å². The van der Waals surface area contributed by atoms with Gasteiger partial charge in [-0.3, -0.25) is 0 Å². The van der Waals surface area contributed by atoms with Crippen molar-refractivity contribution in [2.24, 2.45) is 0 Å². The fourth-order valence-electron chi connectivity index (χ4n) is 2.71. The molecule has 15 heavy (non-hydrogen) atoms.